The normalized spacial score (nSPS) is 11.9. The number of imidazole rings is 1. The van der Waals surface area contributed by atoms with Crippen LogP contribution in [0.3, 0.4) is 0 Å². The predicted molar refractivity (Wildman–Crippen MR) is 75.3 cm³/mol. The summed E-state index contributed by atoms with van der Waals surface area (Å²) in [7, 11) is 0. The highest BCUT2D eigenvalue weighted by atomic mass is 16.4. The molecular formula is C15H20N2O2. The molecule has 0 radical (unpaired) electrons. The van der Waals surface area contributed by atoms with E-state index >= 15 is 0 Å². The number of aliphatic carboxylic acids is 1. The number of hydrogen-bond donors (Lipinski definition) is 1. The molecule has 2 aromatic rings. The number of rotatable bonds is 4. The second kappa shape index (κ2) is 5.03. The Bertz CT molecular complexity index is 594. The fourth-order valence-corrected chi connectivity index (χ4v) is 2.26. The van der Waals surface area contributed by atoms with Crippen LogP contribution in [0.2, 0.25) is 0 Å². The highest BCUT2D eigenvalue weighted by molar-refractivity contribution is 5.76. The number of aromatic nitrogens is 2. The first-order valence-electron chi connectivity index (χ1n) is 6.57. The number of fused-ring (bicyclic) bond motifs is 1. The molecule has 1 aromatic carbocycles. The average Bonchev–Trinajstić information content (AvgIpc) is 2.68. The van der Waals surface area contributed by atoms with Crippen LogP contribution in [0, 0.1) is 0 Å². The van der Waals surface area contributed by atoms with E-state index in [0.717, 1.165) is 16.9 Å². The maximum Gasteiger partial charge on any atom is 0.303 e. The molecule has 0 aliphatic carbocycles. The number of benzene rings is 1. The summed E-state index contributed by atoms with van der Waals surface area (Å²) in [6.07, 6.45) is 0.814. The fourth-order valence-electron chi connectivity index (χ4n) is 2.26. The molecule has 1 heterocycles. The van der Waals surface area contributed by atoms with Crippen molar-refractivity contribution in [1.29, 1.82) is 0 Å². The molecule has 0 spiro atoms. The molecule has 0 saturated carbocycles. The third-order valence-corrected chi connectivity index (χ3v) is 3.10. The van der Waals surface area contributed by atoms with Gasteiger partial charge in [-0.05, 0) is 18.6 Å². The van der Waals surface area contributed by atoms with E-state index in [-0.39, 0.29) is 11.8 Å². The third kappa shape index (κ3) is 2.95. The van der Waals surface area contributed by atoms with Gasteiger partial charge in [0.2, 0.25) is 0 Å². The van der Waals surface area contributed by atoms with Crippen LogP contribution in [-0.2, 0) is 16.8 Å². The lowest BCUT2D eigenvalue weighted by Crippen LogP contribution is -2.19. The summed E-state index contributed by atoms with van der Waals surface area (Å²) >= 11 is 0. The van der Waals surface area contributed by atoms with Gasteiger partial charge in [-0.25, -0.2) is 4.98 Å². The Morgan fingerprint density at radius 1 is 1.32 bits per heavy atom. The first-order valence-corrected chi connectivity index (χ1v) is 6.57. The molecule has 0 fully saturated rings. The molecule has 0 atom stereocenters. The molecule has 0 saturated heterocycles. The molecule has 0 unspecified atom stereocenters. The van der Waals surface area contributed by atoms with Crippen LogP contribution in [0.1, 0.15) is 39.4 Å². The zero-order chi connectivity index (χ0) is 14.0. The molecule has 1 aromatic heterocycles. The van der Waals surface area contributed by atoms with E-state index in [9.17, 15) is 4.79 Å². The fraction of sp³-hybridized carbons (Fsp3) is 0.467. The third-order valence-electron chi connectivity index (χ3n) is 3.10. The lowest BCUT2D eigenvalue weighted by atomic mass is 9.95. The van der Waals surface area contributed by atoms with Gasteiger partial charge in [-0.2, -0.15) is 0 Å². The maximum absolute atomic E-state index is 10.6. The minimum absolute atomic E-state index is 0.0533. The number of carbonyl (C=O) groups is 1. The molecular weight excluding hydrogens is 240 g/mol. The Balaban J connectivity index is 2.40. The van der Waals surface area contributed by atoms with Gasteiger partial charge in [0.15, 0.2) is 0 Å². The monoisotopic (exact) mass is 260 g/mol. The van der Waals surface area contributed by atoms with E-state index in [1.165, 1.54) is 0 Å². The Morgan fingerprint density at radius 2 is 2.00 bits per heavy atom. The van der Waals surface area contributed by atoms with E-state index in [1.54, 1.807) is 0 Å². The Labute approximate surface area is 113 Å². The van der Waals surface area contributed by atoms with Gasteiger partial charge in [-0.1, -0.05) is 32.9 Å². The van der Waals surface area contributed by atoms with Gasteiger partial charge in [0.25, 0.3) is 0 Å². The van der Waals surface area contributed by atoms with Gasteiger partial charge in [0, 0.05) is 18.4 Å². The largest absolute Gasteiger partial charge is 0.481 e. The number of nitrogens with zero attached hydrogens (tertiary/aromatic N) is 2. The summed E-state index contributed by atoms with van der Waals surface area (Å²) < 4.78 is 2.15. The molecule has 1 N–H and O–H groups in total. The number of carboxylic acids is 1. The Kier molecular flexibility index (Phi) is 3.60. The number of hydrogen-bond acceptors (Lipinski definition) is 2. The van der Waals surface area contributed by atoms with Crippen LogP contribution in [-0.4, -0.2) is 20.6 Å². The van der Waals surface area contributed by atoms with E-state index in [0.29, 0.717) is 13.0 Å². The molecule has 19 heavy (non-hydrogen) atoms. The van der Waals surface area contributed by atoms with Gasteiger partial charge in [0.05, 0.1) is 11.0 Å². The zero-order valence-electron chi connectivity index (χ0n) is 11.7. The van der Waals surface area contributed by atoms with Gasteiger partial charge in [-0.15, -0.1) is 0 Å². The number of para-hydroxylation sites is 2. The van der Waals surface area contributed by atoms with Crippen molar-refractivity contribution in [2.45, 2.75) is 45.6 Å². The van der Waals surface area contributed by atoms with E-state index in [4.69, 9.17) is 10.1 Å². The van der Waals surface area contributed by atoms with Crippen LogP contribution >= 0.6 is 0 Å². The smallest absolute Gasteiger partial charge is 0.303 e. The topological polar surface area (TPSA) is 55.1 Å². The summed E-state index contributed by atoms with van der Waals surface area (Å²) in [4.78, 5) is 15.3. The summed E-state index contributed by atoms with van der Waals surface area (Å²) in [6.45, 7) is 7.07. The lowest BCUT2D eigenvalue weighted by molar-refractivity contribution is -0.137. The highest BCUT2D eigenvalue weighted by Crippen LogP contribution is 2.26. The number of aryl methyl sites for hydroxylation is 1. The average molecular weight is 260 g/mol. The lowest BCUT2D eigenvalue weighted by Gasteiger charge is -2.20. The van der Waals surface area contributed by atoms with Gasteiger partial charge >= 0.3 is 5.97 Å². The summed E-state index contributed by atoms with van der Waals surface area (Å²) in [6, 6.07) is 8.00. The summed E-state index contributed by atoms with van der Waals surface area (Å²) in [5, 5.41) is 8.76. The van der Waals surface area contributed by atoms with E-state index in [1.807, 2.05) is 24.3 Å². The van der Waals surface area contributed by atoms with Crippen molar-refractivity contribution in [3.8, 4) is 0 Å². The standard InChI is InChI=1S/C15H20N2O2/c1-15(2,3)14-16-11-7-4-5-8-12(11)17(14)10-6-9-13(18)19/h4-5,7-8H,6,9-10H2,1-3H3,(H,18,19). The molecule has 0 aliphatic heterocycles. The van der Waals surface area contributed by atoms with Gasteiger partial charge in [0.1, 0.15) is 5.82 Å². The minimum Gasteiger partial charge on any atom is -0.481 e. The van der Waals surface area contributed by atoms with Crippen molar-refractivity contribution in [3.63, 3.8) is 0 Å². The maximum atomic E-state index is 10.6. The van der Waals surface area contributed by atoms with Crippen molar-refractivity contribution in [2.24, 2.45) is 0 Å². The number of carboxylic acid groups (broad SMARTS) is 1. The van der Waals surface area contributed by atoms with Crippen LogP contribution in [0.5, 0.6) is 0 Å². The van der Waals surface area contributed by atoms with Crippen molar-refractivity contribution in [1.82, 2.24) is 9.55 Å². The Morgan fingerprint density at radius 3 is 2.63 bits per heavy atom. The van der Waals surface area contributed by atoms with Crippen molar-refractivity contribution in [3.05, 3.63) is 30.1 Å². The highest BCUT2D eigenvalue weighted by Gasteiger charge is 2.22. The molecule has 2 rings (SSSR count). The SMILES string of the molecule is CC(C)(C)c1nc2ccccc2n1CCCC(=O)O. The molecule has 0 bridgehead atoms. The summed E-state index contributed by atoms with van der Waals surface area (Å²) in [5.74, 6) is 0.265. The zero-order valence-corrected chi connectivity index (χ0v) is 11.7. The van der Waals surface area contributed by atoms with Crippen LogP contribution < -0.4 is 0 Å². The summed E-state index contributed by atoms with van der Waals surface area (Å²) in [5.41, 5.74) is 2.00. The molecule has 0 aliphatic rings. The minimum atomic E-state index is -0.748. The predicted octanol–water partition coefficient (Wildman–Crippen LogP) is 3.20. The molecule has 4 nitrogen and oxygen atoms in total. The van der Waals surface area contributed by atoms with Gasteiger partial charge in [-0.3, -0.25) is 4.79 Å². The van der Waals surface area contributed by atoms with Crippen molar-refractivity contribution < 1.29 is 9.90 Å². The van der Waals surface area contributed by atoms with E-state index in [2.05, 4.69) is 25.3 Å². The van der Waals surface area contributed by atoms with Crippen LogP contribution in [0.25, 0.3) is 11.0 Å². The van der Waals surface area contributed by atoms with Crippen molar-refractivity contribution in [2.75, 3.05) is 0 Å². The van der Waals surface area contributed by atoms with Crippen molar-refractivity contribution >= 4 is 17.0 Å². The molecule has 4 heteroatoms. The second-order valence-electron chi connectivity index (χ2n) is 5.82. The van der Waals surface area contributed by atoms with Gasteiger partial charge < -0.3 is 9.67 Å². The quantitative estimate of drug-likeness (QED) is 0.918. The Hall–Kier alpha value is -1.84. The second-order valence-corrected chi connectivity index (χ2v) is 5.82. The first kappa shape index (κ1) is 13.6. The molecule has 0 amide bonds. The van der Waals surface area contributed by atoms with Crippen LogP contribution in [0.15, 0.2) is 24.3 Å². The van der Waals surface area contributed by atoms with Crippen LogP contribution in [0.4, 0.5) is 0 Å². The molecule has 102 valence electrons. The first-order chi connectivity index (χ1) is 8.89. The van der Waals surface area contributed by atoms with E-state index < -0.39 is 5.97 Å².